The Balaban J connectivity index is 5.09. The Labute approximate surface area is 343 Å². The number of carbonyl (C=O) groups is 4. The van der Waals surface area contributed by atoms with E-state index in [1.165, 1.54) is 96.3 Å². The quantitative estimate of drug-likeness (QED) is 0.0336. The lowest BCUT2D eigenvalue weighted by Gasteiger charge is -2.20. The van der Waals surface area contributed by atoms with Crippen molar-refractivity contribution in [1.82, 2.24) is 4.90 Å². The normalized spacial score (nSPS) is 11.8. The predicted molar refractivity (Wildman–Crippen MR) is 227 cm³/mol. The van der Waals surface area contributed by atoms with Crippen molar-refractivity contribution in [2.45, 2.75) is 233 Å². The zero-order valence-corrected chi connectivity index (χ0v) is 37.0. The van der Waals surface area contributed by atoms with Crippen molar-refractivity contribution in [1.29, 1.82) is 0 Å². The van der Waals surface area contributed by atoms with Crippen LogP contribution in [0, 0.1) is 0 Å². The number of hydrogen-bond donors (Lipinski definition) is 0. The molecule has 0 N–H and O–H groups in total. The van der Waals surface area contributed by atoms with Gasteiger partial charge in [0, 0.05) is 25.8 Å². The minimum absolute atomic E-state index is 0.00541. The highest BCUT2D eigenvalue weighted by atomic mass is 16.7. The summed E-state index contributed by atoms with van der Waals surface area (Å²) in [6.45, 7) is 10.4. The molecule has 0 spiro atoms. The van der Waals surface area contributed by atoms with Crippen LogP contribution >= 0.6 is 0 Å². The van der Waals surface area contributed by atoms with Gasteiger partial charge in [-0.3, -0.25) is 14.4 Å². The van der Waals surface area contributed by atoms with Crippen molar-refractivity contribution in [3.05, 3.63) is 0 Å². The van der Waals surface area contributed by atoms with Gasteiger partial charge in [0.15, 0.2) is 6.10 Å². The molecule has 0 aliphatic rings. The molecule has 0 aromatic carbocycles. The fourth-order valence-corrected chi connectivity index (χ4v) is 6.55. The minimum Gasteiger partial charge on any atom is -0.462 e. The Kier molecular flexibility index (Phi) is 39.1. The molecule has 0 aromatic rings. The second-order valence-electron chi connectivity index (χ2n) is 15.8. The molecule has 10 heteroatoms. The highest BCUT2D eigenvalue weighted by Gasteiger charge is 2.22. The van der Waals surface area contributed by atoms with Crippen LogP contribution in [-0.4, -0.2) is 81.1 Å². The van der Waals surface area contributed by atoms with Crippen LogP contribution in [-0.2, 0) is 38.1 Å². The van der Waals surface area contributed by atoms with Crippen LogP contribution in [0.15, 0.2) is 0 Å². The number of hydrogen-bond acceptors (Lipinski definition) is 10. The molecule has 0 aromatic heterocycles. The summed E-state index contributed by atoms with van der Waals surface area (Å²) in [6, 6.07) is 0. The predicted octanol–water partition coefficient (Wildman–Crippen LogP) is 12.2. The number of ether oxygens (including phenoxy) is 5. The maximum Gasteiger partial charge on any atom is 0.508 e. The van der Waals surface area contributed by atoms with Gasteiger partial charge in [0.2, 0.25) is 0 Å². The topological polar surface area (TPSA) is 118 Å². The third kappa shape index (κ3) is 37.2. The number of unbranched alkanes of at least 4 members (excludes halogenated alkanes) is 21. The molecule has 0 amide bonds. The summed E-state index contributed by atoms with van der Waals surface area (Å²) in [6.07, 6.45) is 27.4. The van der Waals surface area contributed by atoms with Gasteiger partial charge < -0.3 is 28.6 Å². The molecule has 56 heavy (non-hydrogen) atoms. The lowest BCUT2D eigenvalue weighted by Crippen LogP contribution is -2.31. The van der Waals surface area contributed by atoms with Crippen LogP contribution in [0.4, 0.5) is 4.79 Å². The summed E-state index contributed by atoms with van der Waals surface area (Å²) in [5.74, 6) is -1.22. The molecule has 0 saturated heterocycles. The van der Waals surface area contributed by atoms with Crippen molar-refractivity contribution < 1.29 is 42.9 Å². The highest BCUT2D eigenvalue weighted by molar-refractivity contribution is 5.71. The summed E-state index contributed by atoms with van der Waals surface area (Å²) in [7, 11) is 2.02. The van der Waals surface area contributed by atoms with E-state index < -0.39 is 24.3 Å². The smallest absolute Gasteiger partial charge is 0.462 e. The van der Waals surface area contributed by atoms with E-state index in [1.807, 2.05) is 7.05 Å². The van der Waals surface area contributed by atoms with Crippen LogP contribution in [0.25, 0.3) is 0 Å². The first-order valence-corrected chi connectivity index (χ1v) is 23.3. The summed E-state index contributed by atoms with van der Waals surface area (Å²) >= 11 is 0. The van der Waals surface area contributed by atoms with E-state index in [0.29, 0.717) is 25.7 Å². The first-order valence-electron chi connectivity index (χ1n) is 23.3. The van der Waals surface area contributed by atoms with Gasteiger partial charge >= 0.3 is 24.1 Å². The lowest BCUT2D eigenvalue weighted by atomic mass is 10.0. The van der Waals surface area contributed by atoms with Crippen molar-refractivity contribution in [2.24, 2.45) is 0 Å². The van der Waals surface area contributed by atoms with Gasteiger partial charge in [0.1, 0.15) is 19.3 Å². The second-order valence-corrected chi connectivity index (χ2v) is 15.8. The van der Waals surface area contributed by atoms with Crippen LogP contribution in [0.5, 0.6) is 0 Å². The standard InChI is InChI=1S/C46H87NO9/c1-6-10-13-16-19-20-21-24-25-28-32-41(56-46(51)52-38-31-37-47(5)9-4)35-36-45(50)55-42(39-53-43(48)33-29-26-22-17-14-11-7-2)40-54-44(49)34-30-27-23-18-15-12-8-3/h41-42H,6-40H2,1-5H3. The second kappa shape index (κ2) is 40.8. The first kappa shape index (κ1) is 53.6. The van der Waals surface area contributed by atoms with Gasteiger partial charge in [0.25, 0.3) is 0 Å². The van der Waals surface area contributed by atoms with Crippen molar-refractivity contribution in [3.63, 3.8) is 0 Å². The molecule has 1 unspecified atom stereocenters. The van der Waals surface area contributed by atoms with E-state index in [2.05, 4.69) is 32.6 Å². The Bertz CT molecular complexity index is 896. The average molecular weight is 798 g/mol. The monoisotopic (exact) mass is 798 g/mol. The van der Waals surface area contributed by atoms with E-state index in [4.69, 9.17) is 23.7 Å². The van der Waals surface area contributed by atoms with Crippen LogP contribution in [0.1, 0.15) is 220 Å². The number of rotatable bonds is 41. The van der Waals surface area contributed by atoms with E-state index in [9.17, 15) is 19.2 Å². The molecule has 0 radical (unpaired) electrons. The molecule has 10 nitrogen and oxygen atoms in total. The van der Waals surface area contributed by atoms with Crippen LogP contribution < -0.4 is 0 Å². The molecular formula is C46H87NO9. The first-order chi connectivity index (χ1) is 27.2. The molecule has 0 heterocycles. The zero-order valence-electron chi connectivity index (χ0n) is 37.0. The molecule has 0 aliphatic carbocycles. The van der Waals surface area contributed by atoms with Gasteiger partial charge in [0.05, 0.1) is 6.61 Å². The lowest BCUT2D eigenvalue weighted by molar-refractivity contribution is -0.167. The van der Waals surface area contributed by atoms with Crippen molar-refractivity contribution in [3.8, 4) is 0 Å². The molecule has 0 aliphatic heterocycles. The largest absolute Gasteiger partial charge is 0.508 e. The number of nitrogens with zero attached hydrogens (tertiary/aromatic N) is 1. The van der Waals surface area contributed by atoms with Gasteiger partial charge in [-0.15, -0.1) is 0 Å². The number of esters is 3. The molecular weight excluding hydrogens is 711 g/mol. The molecule has 0 rings (SSSR count). The fourth-order valence-electron chi connectivity index (χ4n) is 6.55. The molecule has 0 fully saturated rings. The SMILES string of the molecule is CCCCCCCCCCCCC(CCC(=O)OC(COC(=O)CCCCCCCCC)COC(=O)CCCCCCCCC)OC(=O)OCCCN(C)CC. The Hall–Kier alpha value is -2.36. The van der Waals surface area contributed by atoms with Gasteiger partial charge in [-0.25, -0.2) is 4.79 Å². The van der Waals surface area contributed by atoms with Crippen LogP contribution in [0.2, 0.25) is 0 Å². The zero-order chi connectivity index (χ0) is 41.3. The summed E-state index contributed by atoms with van der Waals surface area (Å²) in [5, 5.41) is 0. The van der Waals surface area contributed by atoms with E-state index in [1.54, 1.807) is 0 Å². The molecule has 330 valence electrons. The third-order valence-electron chi connectivity index (χ3n) is 10.4. The van der Waals surface area contributed by atoms with E-state index >= 15 is 0 Å². The minimum atomic E-state index is -0.911. The Morgan fingerprint density at radius 1 is 0.429 bits per heavy atom. The van der Waals surface area contributed by atoms with Crippen molar-refractivity contribution in [2.75, 3.05) is 40.0 Å². The summed E-state index contributed by atoms with van der Waals surface area (Å²) < 4.78 is 27.8. The number of carbonyl (C=O) groups excluding carboxylic acids is 4. The summed E-state index contributed by atoms with van der Waals surface area (Å²) in [5.41, 5.74) is 0. The van der Waals surface area contributed by atoms with Gasteiger partial charge in [-0.05, 0) is 52.1 Å². The maximum absolute atomic E-state index is 13.1. The van der Waals surface area contributed by atoms with E-state index in [-0.39, 0.29) is 44.6 Å². The van der Waals surface area contributed by atoms with Crippen LogP contribution in [0.3, 0.4) is 0 Å². The Morgan fingerprint density at radius 3 is 1.30 bits per heavy atom. The highest BCUT2D eigenvalue weighted by Crippen LogP contribution is 2.18. The summed E-state index contributed by atoms with van der Waals surface area (Å²) in [4.78, 5) is 53.0. The van der Waals surface area contributed by atoms with Crippen molar-refractivity contribution >= 4 is 24.1 Å². The van der Waals surface area contributed by atoms with Gasteiger partial charge in [-0.2, -0.15) is 0 Å². The Morgan fingerprint density at radius 2 is 0.857 bits per heavy atom. The van der Waals surface area contributed by atoms with Gasteiger partial charge in [-0.1, -0.05) is 163 Å². The molecule has 0 bridgehead atoms. The third-order valence-corrected chi connectivity index (χ3v) is 10.4. The fraction of sp³-hybridized carbons (Fsp3) is 0.913. The molecule has 0 saturated carbocycles. The van der Waals surface area contributed by atoms with E-state index in [0.717, 1.165) is 70.9 Å². The average Bonchev–Trinajstić information content (AvgIpc) is 3.19. The maximum atomic E-state index is 13.1. The molecule has 1 atom stereocenters.